The van der Waals surface area contributed by atoms with E-state index in [4.69, 9.17) is 0 Å². The standard InChI is InChI=1S/C14H16N2O2/c17-10-4-3-7-16(9-10)14(18)12-8-15-13-6-2-1-5-11(12)13/h1-2,5-6,8,10,15,17H,3-4,7,9H2/t10-/m0/s1. The van der Waals surface area contributed by atoms with Crippen LogP contribution < -0.4 is 0 Å². The molecule has 0 aliphatic carbocycles. The molecular weight excluding hydrogens is 228 g/mol. The maximum atomic E-state index is 12.4. The highest BCUT2D eigenvalue weighted by atomic mass is 16.3. The lowest BCUT2D eigenvalue weighted by molar-refractivity contribution is 0.0475. The number of amides is 1. The summed E-state index contributed by atoms with van der Waals surface area (Å²) in [5.74, 6) is 0.00574. The number of hydrogen-bond donors (Lipinski definition) is 2. The van der Waals surface area contributed by atoms with Crippen LogP contribution in [0, 0.1) is 0 Å². The molecule has 3 rings (SSSR count). The summed E-state index contributed by atoms with van der Waals surface area (Å²) >= 11 is 0. The molecule has 1 aromatic carbocycles. The molecular formula is C14H16N2O2. The first-order chi connectivity index (χ1) is 8.75. The second-order valence-electron chi connectivity index (χ2n) is 4.80. The van der Waals surface area contributed by atoms with E-state index in [0.29, 0.717) is 12.1 Å². The Labute approximate surface area is 105 Å². The topological polar surface area (TPSA) is 56.3 Å². The van der Waals surface area contributed by atoms with Gasteiger partial charge < -0.3 is 15.0 Å². The van der Waals surface area contributed by atoms with Crippen LogP contribution in [0.3, 0.4) is 0 Å². The van der Waals surface area contributed by atoms with Gasteiger partial charge in [0.1, 0.15) is 0 Å². The fraction of sp³-hybridized carbons (Fsp3) is 0.357. The first-order valence-corrected chi connectivity index (χ1v) is 6.29. The molecule has 18 heavy (non-hydrogen) atoms. The first kappa shape index (κ1) is 11.3. The monoisotopic (exact) mass is 244 g/mol. The number of benzene rings is 1. The number of H-pyrrole nitrogens is 1. The number of aromatic nitrogens is 1. The van der Waals surface area contributed by atoms with E-state index >= 15 is 0 Å². The van der Waals surface area contributed by atoms with Crippen molar-refractivity contribution in [3.8, 4) is 0 Å². The zero-order chi connectivity index (χ0) is 12.5. The van der Waals surface area contributed by atoms with Crippen molar-refractivity contribution in [3.05, 3.63) is 36.0 Å². The summed E-state index contributed by atoms with van der Waals surface area (Å²) in [5.41, 5.74) is 1.66. The second-order valence-corrected chi connectivity index (χ2v) is 4.80. The molecule has 1 amide bonds. The average Bonchev–Trinajstić information content (AvgIpc) is 2.82. The molecule has 1 saturated heterocycles. The molecule has 0 unspecified atom stereocenters. The maximum Gasteiger partial charge on any atom is 0.256 e. The number of aromatic amines is 1. The number of para-hydroxylation sites is 1. The molecule has 4 nitrogen and oxygen atoms in total. The third-order valence-corrected chi connectivity index (χ3v) is 3.50. The lowest BCUT2D eigenvalue weighted by Gasteiger charge is -2.29. The van der Waals surface area contributed by atoms with Gasteiger partial charge in [0.25, 0.3) is 5.91 Å². The lowest BCUT2D eigenvalue weighted by Crippen LogP contribution is -2.42. The van der Waals surface area contributed by atoms with Crippen LogP contribution in [0.25, 0.3) is 10.9 Å². The summed E-state index contributed by atoms with van der Waals surface area (Å²) in [4.78, 5) is 17.3. The van der Waals surface area contributed by atoms with Gasteiger partial charge in [0, 0.05) is 30.2 Å². The van der Waals surface area contributed by atoms with E-state index < -0.39 is 0 Å². The molecule has 1 fully saturated rings. The molecule has 1 aromatic heterocycles. The number of nitrogens with zero attached hydrogens (tertiary/aromatic N) is 1. The highest BCUT2D eigenvalue weighted by Crippen LogP contribution is 2.21. The highest BCUT2D eigenvalue weighted by Gasteiger charge is 2.24. The fourth-order valence-electron chi connectivity index (χ4n) is 2.56. The molecule has 2 heterocycles. The van der Waals surface area contributed by atoms with Gasteiger partial charge in [0.2, 0.25) is 0 Å². The number of carbonyl (C=O) groups is 1. The minimum atomic E-state index is -0.382. The van der Waals surface area contributed by atoms with Crippen LogP contribution in [-0.4, -0.2) is 40.1 Å². The quantitative estimate of drug-likeness (QED) is 0.803. The van der Waals surface area contributed by atoms with Crippen LogP contribution in [0.2, 0.25) is 0 Å². The van der Waals surface area contributed by atoms with Crippen molar-refractivity contribution in [2.75, 3.05) is 13.1 Å². The molecule has 1 aliphatic rings. The van der Waals surface area contributed by atoms with Crippen LogP contribution in [0.15, 0.2) is 30.5 Å². The van der Waals surface area contributed by atoms with Crippen LogP contribution in [0.5, 0.6) is 0 Å². The Balaban J connectivity index is 1.92. The second kappa shape index (κ2) is 4.46. The van der Waals surface area contributed by atoms with E-state index in [0.717, 1.165) is 30.3 Å². The molecule has 94 valence electrons. The Bertz CT molecular complexity index is 576. The number of aliphatic hydroxyl groups is 1. The third-order valence-electron chi connectivity index (χ3n) is 3.50. The Morgan fingerprint density at radius 3 is 3.06 bits per heavy atom. The van der Waals surface area contributed by atoms with E-state index in [1.807, 2.05) is 24.3 Å². The summed E-state index contributed by atoms with van der Waals surface area (Å²) in [7, 11) is 0. The number of likely N-dealkylation sites (tertiary alicyclic amines) is 1. The van der Waals surface area contributed by atoms with Crippen LogP contribution >= 0.6 is 0 Å². The van der Waals surface area contributed by atoms with Crippen molar-refractivity contribution in [2.45, 2.75) is 18.9 Å². The molecule has 2 N–H and O–H groups in total. The van der Waals surface area contributed by atoms with Crippen molar-refractivity contribution >= 4 is 16.8 Å². The fourth-order valence-corrected chi connectivity index (χ4v) is 2.56. The molecule has 0 spiro atoms. The van der Waals surface area contributed by atoms with Crippen molar-refractivity contribution in [1.29, 1.82) is 0 Å². The highest BCUT2D eigenvalue weighted by molar-refractivity contribution is 6.06. The van der Waals surface area contributed by atoms with Gasteiger partial charge in [-0.15, -0.1) is 0 Å². The van der Waals surface area contributed by atoms with E-state index in [-0.39, 0.29) is 12.0 Å². The number of rotatable bonds is 1. The number of carbonyl (C=O) groups excluding carboxylic acids is 1. The Hall–Kier alpha value is -1.81. The van der Waals surface area contributed by atoms with Gasteiger partial charge in [0.05, 0.1) is 11.7 Å². The van der Waals surface area contributed by atoms with Gasteiger partial charge in [0.15, 0.2) is 0 Å². The van der Waals surface area contributed by atoms with Gasteiger partial charge >= 0.3 is 0 Å². The molecule has 4 heteroatoms. The van der Waals surface area contributed by atoms with Crippen LogP contribution in [0.1, 0.15) is 23.2 Å². The number of aliphatic hydroxyl groups excluding tert-OH is 1. The summed E-state index contributed by atoms with van der Waals surface area (Å²) in [6, 6.07) is 7.77. The molecule has 0 saturated carbocycles. The minimum Gasteiger partial charge on any atom is -0.391 e. The first-order valence-electron chi connectivity index (χ1n) is 6.29. The van der Waals surface area contributed by atoms with Gasteiger partial charge in [-0.2, -0.15) is 0 Å². The number of piperidine rings is 1. The number of β-amino-alcohol motifs (C(OH)–C–C–N with tert-alkyl or cyclic N) is 1. The summed E-state index contributed by atoms with van der Waals surface area (Å²) in [5, 5.41) is 10.6. The smallest absolute Gasteiger partial charge is 0.256 e. The summed E-state index contributed by atoms with van der Waals surface area (Å²) < 4.78 is 0. The van der Waals surface area contributed by atoms with Gasteiger partial charge in [-0.3, -0.25) is 4.79 Å². The van der Waals surface area contributed by atoms with Crippen LogP contribution in [0.4, 0.5) is 0 Å². The lowest BCUT2D eigenvalue weighted by atomic mass is 10.1. The maximum absolute atomic E-state index is 12.4. The van der Waals surface area contributed by atoms with Crippen molar-refractivity contribution < 1.29 is 9.90 Å². The van der Waals surface area contributed by atoms with Gasteiger partial charge in [-0.25, -0.2) is 0 Å². The van der Waals surface area contributed by atoms with Gasteiger partial charge in [-0.05, 0) is 18.9 Å². The molecule has 0 bridgehead atoms. The zero-order valence-corrected chi connectivity index (χ0v) is 10.1. The molecule has 2 aromatic rings. The number of nitrogens with one attached hydrogen (secondary N) is 1. The average molecular weight is 244 g/mol. The van der Waals surface area contributed by atoms with E-state index in [2.05, 4.69) is 4.98 Å². The van der Waals surface area contributed by atoms with E-state index in [1.54, 1.807) is 11.1 Å². The molecule has 1 atom stereocenters. The zero-order valence-electron chi connectivity index (χ0n) is 10.1. The predicted octanol–water partition coefficient (Wildman–Crippen LogP) is 1.76. The Kier molecular flexibility index (Phi) is 2.80. The minimum absolute atomic E-state index is 0.00574. The Morgan fingerprint density at radius 2 is 2.22 bits per heavy atom. The number of fused-ring (bicyclic) bond motifs is 1. The van der Waals surface area contributed by atoms with Crippen molar-refractivity contribution in [1.82, 2.24) is 9.88 Å². The molecule has 1 aliphatic heterocycles. The van der Waals surface area contributed by atoms with E-state index in [1.165, 1.54) is 0 Å². The Morgan fingerprint density at radius 1 is 1.39 bits per heavy atom. The summed E-state index contributed by atoms with van der Waals surface area (Å²) in [6.45, 7) is 1.17. The van der Waals surface area contributed by atoms with Crippen LogP contribution in [-0.2, 0) is 0 Å². The number of hydrogen-bond acceptors (Lipinski definition) is 2. The molecule has 0 radical (unpaired) electrons. The predicted molar refractivity (Wildman–Crippen MR) is 69.4 cm³/mol. The van der Waals surface area contributed by atoms with Crippen molar-refractivity contribution in [3.63, 3.8) is 0 Å². The van der Waals surface area contributed by atoms with E-state index in [9.17, 15) is 9.90 Å². The summed E-state index contributed by atoms with van der Waals surface area (Å²) in [6.07, 6.45) is 3.04. The van der Waals surface area contributed by atoms with Gasteiger partial charge in [-0.1, -0.05) is 18.2 Å². The SMILES string of the molecule is O=C(c1c[nH]c2ccccc12)N1CCC[C@H](O)C1. The van der Waals surface area contributed by atoms with Crippen molar-refractivity contribution in [2.24, 2.45) is 0 Å². The largest absolute Gasteiger partial charge is 0.391 e. The normalized spacial score (nSPS) is 20.3. The third kappa shape index (κ3) is 1.88.